The van der Waals surface area contributed by atoms with Crippen LogP contribution in [0, 0.1) is 6.92 Å². The third kappa shape index (κ3) is 4.53. The monoisotopic (exact) mass is 415 g/mol. The van der Waals surface area contributed by atoms with Gasteiger partial charge in [-0.25, -0.2) is 0 Å². The Hall–Kier alpha value is -3.81. The molecule has 3 aromatic rings. The summed E-state index contributed by atoms with van der Waals surface area (Å²) < 4.78 is 1.68. The van der Waals surface area contributed by atoms with E-state index in [4.69, 9.17) is 0 Å². The fourth-order valence-corrected chi connectivity index (χ4v) is 3.38. The van der Waals surface area contributed by atoms with Gasteiger partial charge in [0.05, 0.1) is 5.69 Å². The average Bonchev–Trinajstić information content (AvgIpc) is 3.29. The summed E-state index contributed by atoms with van der Waals surface area (Å²) >= 11 is 0. The molecule has 2 aromatic carbocycles. The standard InChI is InChI=1S/C23H25N7O/c1-4-22-26-27-28-30(22)21-14-19(18-9-7-16(2)8-10-18)13-20(15-21)23(31)25-17(3)29-12-6-5-11-24-29/h6-15,17H,4-5H2,1-3H3,(H,25,31). The van der Waals surface area contributed by atoms with Gasteiger partial charge in [0, 0.05) is 30.8 Å². The minimum atomic E-state index is -0.286. The van der Waals surface area contributed by atoms with E-state index < -0.39 is 0 Å². The van der Waals surface area contributed by atoms with Gasteiger partial charge >= 0.3 is 0 Å². The molecule has 2 heterocycles. The van der Waals surface area contributed by atoms with Gasteiger partial charge in [-0.05, 0) is 53.6 Å². The van der Waals surface area contributed by atoms with Crippen LogP contribution in [-0.2, 0) is 6.42 Å². The summed E-state index contributed by atoms with van der Waals surface area (Å²) in [5.74, 6) is 0.539. The van der Waals surface area contributed by atoms with Crippen molar-refractivity contribution < 1.29 is 4.79 Å². The molecule has 0 bridgehead atoms. The van der Waals surface area contributed by atoms with Crippen molar-refractivity contribution in [3.63, 3.8) is 0 Å². The maximum absolute atomic E-state index is 13.1. The summed E-state index contributed by atoms with van der Waals surface area (Å²) in [5.41, 5.74) is 4.39. The number of carbonyl (C=O) groups excluding carboxylic acids is 1. The first-order valence-electron chi connectivity index (χ1n) is 10.3. The molecule has 1 N–H and O–H groups in total. The third-order valence-corrected chi connectivity index (χ3v) is 5.11. The molecule has 4 rings (SSSR count). The highest BCUT2D eigenvalue weighted by Gasteiger charge is 2.18. The fraction of sp³-hybridized carbons (Fsp3) is 0.261. The second kappa shape index (κ2) is 8.91. The predicted octanol–water partition coefficient (Wildman–Crippen LogP) is 3.48. The Labute approximate surface area is 181 Å². The number of tetrazole rings is 1. The average molecular weight is 416 g/mol. The zero-order valence-corrected chi connectivity index (χ0v) is 17.9. The van der Waals surface area contributed by atoms with Crippen LogP contribution in [-0.4, -0.2) is 43.5 Å². The van der Waals surface area contributed by atoms with Crippen LogP contribution >= 0.6 is 0 Å². The number of hydrazone groups is 1. The molecular weight excluding hydrogens is 390 g/mol. The maximum Gasteiger partial charge on any atom is 0.253 e. The first-order chi connectivity index (χ1) is 15.0. The van der Waals surface area contributed by atoms with Crippen LogP contribution in [0.2, 0.25) is 0 Å². The van der Waals surface area contributed by atoms with E-state index >= 15 is 0 Å². The molecule has 0 spiro atoms. The third-order valence-electron chi connectivity index (χ3n) is 5.11. The summed E-state index contributed by atoms with van der Waals surface area (Å²) in [6.45, 7) is 5.94. The molecule has 1 aliphatic heterocycles. The van der Waals surface area contributed by atoms with Gasteiger partial charge in [-0.15, -0.1) is 5.10 Å². The second-order valence-corrected chi connectivity index (χ2v) is 7.44. The van der Waals surface area contributed by atoms with Crippen molar-refractivity contribution in [2.24, 2.45) is 5.10 Å². The number of nitrogens with zero attached hydrogens (tertiary/aromatic N) is 6. The number of amides is 1. The van der Waals surface area contributed by atoms with Crippen molar-refractivity contribution in [2.45, 2.75) is 39.8 Å². The van der Waals surface area contributed by atoms with Gasteiger partial charge in [0.1, 0.15) is 6.17 Å². The van der Waals surface area contributed by atoms with E-state index in [-0.39, 0.29) is 12.1 Å². The molecule has 158 valence electrons. The van der Waals surface area contributed by atoms with Crippen molar-refractivity contribution in [1.29, 1.82) is 0 Å². The highest BCUT2D eigenvalue weighted by atomic mass is 16.1. The van der Waals surface area contributed by atoms with E-state index in [0.29, 0.717) is 12.0 Å². The number of rotatable bonds is 6. The molecule has 1 aliphatic rings. The van der Waals surface area contributed by atoms with E-state index in [2.05, 4.69) is 38.1 Å². The summed E-state index contributed by atoms with van der Waals surface area (Å²) in [5, 5.41) is 21.1. The molecule has 1 aromatic heterocycles. The van der Waals surface area contributed by atoms with Crippen LogP contribution in [0.25, 0.3) is 16.8 Å². The number of benzene rings is 2. The van der Waals surface area contributed by atoms with Gasteiger partial charge < -0.3 is 5.32 Å². The quantitative estimate of drug-likeness (QED) is 0.666. The Morgan fingerprint density at radius 3 is 2.68 bits per heavy atom. The number of hydrogen-bond donors (Lipinski definition) is 1. The van der Waals surface area contributed by atoms with Crippen LogP contribution in [0.1, 0.15) is 42.0 Å². The Bertz CT molecular complexity index is 1120. The van der Waals surface area contributed by atoms with Gasteiger partial charge in [-0.1, -0.05) is 42.8 Å². The van der Waals surface area contributed by atoms with Gasteiger partial charge in [-0.3, -0.25) is 9.80 Å². The van der Waals surface area contributed by atoms with Gasteiger partial charge in [0.15, 0.2) is 5.82 Å². The summed E-state index contributed by atoms with van der Waals surface area (Å²) in [7, 11) is 0. The molecule has 0 radical (unpaired) electrons. The number of allylic oxidation sites excluding steroid dienone is 1. The van der Waals surface area contributed by atoms with Gasteiger partial charge in [0.25, 0.3) is 5.91 Å². The molecule has 0 saturated carbocycles. The van der Waals surface area contributed by atoms with E-state index in [9.17, 15) is 4.79 Å². The topological polar surface area (TPSA) is 88.3 Å². The number of nitrogens with one attached hydrogen (secondary N) is 1. The number of aromatic nitrogens is 4. The van der Waals surface area contributed by atoms with Crippen LogP contribution in [0.4, 0.5) is 0 Å². The largest absolute Gasteiger partial charge is 0.330 e. The lowest BCUT2D eigenvalue weighted by atomic mass is 10.0. The predicted molar refractivity (Wildman–Crippen MR) is 120 cm³/mol. The van der Waals surface area contributed by atoms with Crippen LogP contribution in [0.5, 0.6) is 0 Å². The molecule has 8 nitrogen and oxygen atoms in total. The molecule has 1 amide bonds. The molecule has 31 heavy (non-hydrogen) atoms. The highest BCUT2D eigenvalue weighted by molar-refractivity contribution is 5.96. The van der Waals surface area contributed by atoms with Crippen molar-refractivity contribution in [2.75, 3.05) is 0 Å². The Morgan fingerprint density at radius 2 is 1.97 bits per heavy atom. The van der Waals surface area contributed by atoms with Crippen LogP contribution in [0.3, 0.4) is 0 Å². The van der Waals surface area contributed by atoms with Gasteiger partial charge in [-0.2, -0.15) is 9.78 Å². The molecular formula is C23H25N7O. The van der Waals surface area contributed by atoms with E-state index in [1.165, 1.54) is 5.56 Å². The zero-order valence-electron chi connectivity index (χ0n) is 17.9. The van der Waals surface area contributed by atoms with E-state index in [1.807, 2.05) is 69.6 Å². The zero-order chi connectivity index (χ0) is 21.8. The van der Waals surface area contributed by atoms with Crippen LogP contribution < -0.4 is 5.32 Å². The molecule has 0 aliphatic carbocycles. The van der Waals surface area contributed by atoms with Crippen molar-refractivity contribution in [3.8, 4) is 16.8 Å². The maximum atomic E-state index is 13.1. The molecule has 0 saturated heterocycles. The van der Waals surface area contributed by atoms with Gasteiger partial charge in [0.2, 0.25) is 0 Å². The second-order valence-electron chi connectivity index (χ2n) is 7.44. The molecule has 0 fully saturated rings. The summed E-state index contributed by atoms with van der Waals surface area (Å²) in [6, 6.07) is 13.9. The summed E-state index contributed by atoms with van der Waals surface area (Å²) in [6.07, 6.45) is 6.86. The molecule has 1 atom stereocenters. The lowest BCUT2D eigenvalue weighted by Crippen LogP contribution is -2.41. The molecule has 1 unspecified atom stereocenters. The molecule has 8 heteroatoms. The Kier molecular flexibility index (Phi) is 5.88. The van der Waals surface area contributed by atoms with Crippen molar-refractivity contribution >= 4 is 12.1 Å². The van der Waals surface area contributed by atoms with Crippen molar-refractivity contribution in [3.05, 3.63) is 71.7 Å². The Balaban J connectivity index is 1.71. The lowest BCUT2D eigenvalue weighted by molar-refractivity contribution is 0.0899. The smallest absolute Gasteiger partial charge is 0.253 e. The number of carbonyl (C=O) groups is 1. The minimum absolute atomic E-state index is 0.192. The normalized spacial score (nSPS) is 14.0. The van der Waals surface area contributed by atoms with E-state index in [1.54, 1.807) is 9.69 Å². The lowest BCUT2D eigenvalue weighted by Gasteiger charge is -2.25. The number of hydrogen-bond acceptors (Lipinski definition) is 6. The number of aryl methyl sites for hydroxylation is 2. The van der Waals surface area contributed by atoms with E-state index in [0.717, 1.165) is 29.1 Å². The Morgan fingerprint density at radius 1 is 1.16 bits per heavy atom. The SMILES string of the molecule is CCc1nnnn1-c1cc(C(=O)NC(C)N2C=CCC=N2)cc(-c2ccc(C)cc2)c1. The first kappa shape index (κ1) is 20.5. The highest BCUT2D eigenvalue weighted by Crippen LogP contribution is 2.25. The van der Waals surface area contributed by atoms with Crippen LogP contribution in [0.15, 0.2) is 59.8 Å². The van der Waals surface area contributed by atoms with Crippen molar-refractivity contribution in [1.82, 2.24) is 30.5 Å². The fourth-order valence-electron chi connectivity index (χ4n) is 3.38. The minimum Gasteiger partial charge on any atom is -0.330 e. The summed E-state index contributed by atoms with van der Waals surface area (Å²) in [4.78, 5) is 13.1. The first-order valence-corrected chi connectivity index (χ1v) is 10.3.